The third-order valence-corrected chi connectivity index (χ3v) is 5.12. The summed E-state index contributed by atoms with van der Waals surface area (Å²) in [6.45, 7) is 4.67. The molecular formula is C10H21NO3S. The molecule has 1 N–H and O–H groups in total. The van der Waals surface area contributed by atoms with Crippen LogP contribution in [0.25, 0.3) is 0 Å². The van der Waals surface area contributed by atoms with Gasteiger partial charge in [0.1, 0.15) is 0 Å². The van der Waals surface area contributed by atoms with Gasteiger partial charge in [-0.1, -0.05) is 0 Å². The van der Waals surface area contributed by atoms with Gasteiger partial charge in [-0.3, -0.25) is 0 Å². The summed E-state index contributed by atoms with van der Waals surface area (Å²) in [5, 5.41) is 8.62. The molecule has 0 radical (unpaired) electrons. The minimum absolute atomic E-state index is 0.0684. The highest BCUT2D eigenvalue weighted by Gasteiger charge is 2.39. The Balaban J connectivity index is 2.61. The van der Waals surface area contributed by atoms with Gasteiger partial charge in [0, 0.05) is 18.7 Å². The highest BCUT2D eigenvalue weighted by Crippen LogP contribution is 2.31. The van der Waals surface area contributed by atoms with Crippen LogP contribution in [0.15, 0.2) is 0 Å². The van der Waals surface area contributed by atoms with E-state index in [0.29, 0.717) is 19.4 Å². The molecule has 1 fully saturated rings. The van der Waals surface area contributed by atoms with Gasteiger partial charge in [-0.25, -0.2) is 8.42 Å². The SMILES string of the molecule is CC1(C)CCCN1S(=O)(=O)CCCCO. The average molecular weight is 235 g/mol. The fourth-order valence-corrected chi connectivity index (χ4v) is 4.15. The zero-order valence-electron chi connectivity index (χ0n) is 9.57. The second-order valence-electron chi connectivity index (χ2n) is 4.73. The molecule has 15 heavy (non-hydrogen) atoms. The van der Waals surface area contributed by atoms with E-state index < -0.39 is 10.0 Å². The Morgan fingerprint density at radius 2 is 2.00 bits per heavy atom. The van der Waals surface area contributed by atoms with Crippen molar-refractivity contribution < 1.29 is 13.5 Å². The minimum atomic E-state index is -3.12. The first kappa shape index (κ1) is 12.9. The van der Waals surface area contributed by atoms with Gasteiger partial charge in [0.15, 0.2) is 0 Å². The number of nitrogens with zero attached hydrogens (tertiary/aromatic N) is 1. The monoisotopic (exact) mass is 235 g/mol. The van der Waals surface area contributed by atoms with Crippen molar-refractivity contribution in [2.24, 2.45) is 0 Å². The Bertz CT molecular complexity index is 298. The number of aliphatic hydroxyl groups is 1. The molecule has 0 amide bonds. The van der Waals surface area contributed by atoms with Crippen molar-refractivity contribution in [2.45, 2.75) is 45.1 Å². The Hall–Kier alpha value is -0.130. The van der Waals surface area contributed by atoms with E-state index in [1.807, 2.05) is 13.8 Å². The Morgan fingerprint density at radius 1 is 1.33 bits per heavy atom. The van der Waals surface area contributed by atoms with Gasteiger partial charge >= 0.3 is 0 Å². The van der Waals surface area contributed by atoms with Crippen LogP contribution >= 0.6 is 0 Å². The first-order valence-corrected chi connectivity index (χ1v) is 7.12. The van der Waals surface area contributed by atoms with Gasteiger partial charge in [0.05, 0.1) is 5.75 Å². The largest absolute Gasteiger partial charge is 0.396 e. The second kappa shape index (κ2) is 4.80. The summed E-state index contributed by atoms with van der Waals surface area (Å²) in [5.74, 6) is 0.164. The van der Waals surface area contributed by atoms with Crippen molar-refractivity contribution in [3.8, 4) is 0 Å². The van der Waals surface area contributed by atoms with E-state index in [2.05, 4.69) is 0 Å². The number of rotatable bonds is 5. The molecule has 1 rings (SSSR count). The molecule has 0 saturated carbocycles. The van der Waals surface area contributed by atoms with Crippen molar-refractivity contribution in [3.05, 3.63) is 0 Å². The van der Waals surface area contributed by atoms with Crippen LogP contribution in [0.3, 0.4) is 0 Å². The molecule has 1 aliphatic rings. The lowest BCUT2D eigenvalue weighted by Gasteiger charge is -2.30. The highest BCUT2D eigenvalue weighted by molar-refractivity contribution is 7.89. The van der Waals surface area contributed by atoms with E-state index >= 15 is 0 Å². The molecule has 4 nitrogen and oxygen atoms in total. The van der Waals surface area contributed by atoms with Gasteiger partial charge in [-0.15, -0.1) is 0 Å². The lowest BCUT2D eigenvalue weighted by molar-refractivity contribution is 0.282. The quantitative estimate of drug-likeness (QED) is 0.722. The molecule has 1 aliphatic heterocycles. The van der Waals surface area contributed by atoms with Crippen molar-refractivity contribution in [3.63, 3.8) is 0 Å². The normalized spacial score (nSPS) is 22.1. The molecule has 0 aromatic heterocycles. The Morgan fingerprint density at radius 3 is 2.47 bits per heavy atom. The van der Waals surface area contributed by atoms with Crippen LogP contribution in [0.1, 0.15) is 39.5 Å². The predicted octanol–water partition coefficient (Wildman–Crippen LogP) is 0.963. The second-order valence-corrected chi connectivity index (χ2v) is 6.75. The summed E-state index contributed by atoms with van der Waals surface area (Å²) in [6.07, 6.45) is 3.00. The lowest BCUT2D eigenvalue weighted by atomic mass is 10.0. The molecule has 0 aromatic carbocycles. The van der Waals surface area contributed by atoms with E-state index in [9.17, 15) is 8.42 Å². The molecule has 1 saturated heterocycles. The first-order chi connectivity index (χ1) is 6.90. The third-order valence-electron chi connectivity index (χ3n) is 2.97. The maximum Gasteiger partial charge on any atom is 0.214 e. The molecule has 5 heteroatoms. The molecule has 0 aliphatic carbocycles. The number of sulfonamides is 1. The van der Waals surface area contributed by atoms with Gasteiger partial charge in [-0.2, -0.15) is 4.31 Å². The first-order valence-electron chi connectivity index (χ1n) is 5.51. The van der Waals surface area contributed by atoms with Crippen LogP contribution in [0.5, 0.6) is 0 Å². The van der Waals surface area contributed by atoms with Crippen LogP contribution in [0, 0.1) is 0 Å². The topological polar surface area (TPSA) is 57.6 Å². The van der Waals surface area contributed by atoms with E-state index in [0.717, 1.165) is 12.8 Å². The summed E-state index contributed by atoms with van der Waals surface area (Å²) >= 11 is 0. The number of hydrogen-bond acceptors (Lipinski definition) is 3. The molecule has 0 atom stereocenters. The summed E-state index contributed by atoms with van der Waals surface area (Å²) in [5.41, 5.74) is -0.224. The van der Waals surface area contributed by atoms with Crippen LogP contribution in [-0.4, -0.2) is 42.3 Å². The Labute approximate surface area is 92.3 Å². The van der Waals surface area contributed by atoms with E-state index in [1.165, 1.54) is 0 Å². The fourth-order valence-electron chi connectivity index (χ4n) is 2.10. The summed E-state index contributed by atoms with van der Waals surface area (Å²) in [7, 11) is -3.12. The standard InChI is InChI=1S/C10H21NO3S/c1-10(2)6-5-7-11(10)15(13,14)9-4-3-8-12/h12H,3-9H2,1-2H3. The van der Waals surface area contributed by atoms with Gasteiger partial charge in [0.2, 0.25) is 10.0 Å². The van der Waals surface area contributed by atoms with Crippen molar-refractivity contribution in [1.82, 2.24) is 4.31 Å². The van der Waals surface area contributed by atoms with Crippen molar-refractivity contribution in [2.75, 3.05) is 18.9 Å². The van der Waals surface area contributed by atoms with Gasteiger partial charge in [-0.05, 0) is 39.5 Å². The zero-order chi connectivity index (χ0) is 11.5. The maximum atomic E-state index is 12.0. The van der Waals surface area contributed by atoms with Gasteiger partial charge in [0.25, 0.3) is 0 Å². The van der Waals surface area contributed by atoms with Crippen molar-refractivity contribution in [1.29, 1.82) is 0 Å². The third kappa shape index (κ3) is 3.16. The summed E-state index contributed by atoms with van der Waals surface area (Å²) in [4.78, 5) is 0. The molecule has 0 bridgehead atoms. The van der Waals surface area contributed by atoms with Crippen molar-refractivity contribution >= 4 is 10.0 Å². The van der Waals surface area contributed by atoms with E-state index in [1.54, 1.807) is 4.31 Å². The van der Waals surface area contributed by atoms with E-state index in [4.69, 9.17) is 5.11 Å². The lowest BCUT2D eigenvalue weighted by Crippen LogP contribution is -2.43. The van der Waals surface area contributed by atoms with Crippen LogP contribution < -0.4 is 0 Å². The zero-order valence-corrected chi connectivity index (χ0v) is 10.4. The number of aliphatic hydroxyl groups excluding tert-OH is 1. The van der Waals surface area contributed by atoms with Crippen LogP contribution in [-0.2, 0) is 10.0 Å². The number of hydrogen-bond donors (Lipinski definition) is 1. The predicted molar refractivity (Wildman–Crippen MR) is 60.1 cm³/mol. The minimum Gasteiger partial charge on any atom is -0.396 e. The maximum absolute atomic E-state index is 12.0. The molecule has 0 spiro atoms. The van der Waals surface area contributed by atoms with Crippen LogP contribution in [0.4, 0.5) is 0 Å². The Kier molecular flexibility index (Phi) is 4.14. The number of unbranched alkanes of at least 4 members (excludes halogenated alkanes) is 1. The molecule has 0 aromatic rings. The van der Waals surface area contributed by atoms with E-state index in [-0.39, 0.29) is 17.9 Å². The van der Waals surface area contributed by atoms with Gasteiger partial charge < -0.3 is 5.11 Å². The molecule has 90 valence electrons. The fraction of sp³-hybridized carbons (Fsp3) is 1.00. The average Bonchev–Trinajstić information content (AvgIpc) is 2.46. The van der Waals surface area contributed by atoms with Crippen LogP contribution in [0.2, 0.25) is 0 Å². The summed E-state index contributed by atoms with van der Waals surface area (Å²) in [6, 6.07) is 0. The summed E-state index contributed by atoms with van der Waals surface area (Å²) < 4.78 is 25.6. The highest BCUT2D eigenvalue weighted by atomic mass is 32.2. The molecule has 1 heterocycles. The molecular weight excluding hydrogens is 214 g/mol. The smallest absolute Gasteiger partial charge is 0.214 e. The molecule has 0 unspecified atom stereocenters.